The number of alkyl carbamates (subject to hydrolysis) is 1. The number of esters is 1. The van der Waals surface area contributed by atoms with E-state index >= 15 is 0 Å². The summed E-state index contributed by atoms with van der Waals surface area (Å²) in [7, 11) is 0. The molecule has 1 atom stereocenters. The molecule has 0 saturated heterocycles. The van der Waals surface area contributed by atoms with Crippen LogP contribution in [-0.4, -0.2) is 37.4 Å². The summed E-state index contributed by atoms with van der Waals surface area (Å²) in [6, 6.07) is 3.64. The molecular formula is C18H26FNO5. The van der Waals surface area contributed by atoms with Crippen molar-refractivity contribution < 1.29 is 28.2 Å². The Morgan fingerprint density at radius 1 is 1.28 bits per heavy atom. The van der Waals surface area contributed by atoms with Crippen LogP contribution in [0.5, 0.6) is 5.75 Å². The van der Waals surface area contributed by atoms with Crippen molar-refractivity contribution in [1.82, 2.24) is 5.32 Å². The average Bonchev–Trinajstić information content (AvgIpc) is 2.49. The van der Waals surface area contributed by atoms with Crippen molar-refractivity contribution in [1.29, 1.82) is 0 Å². The summed E-state index contributed by atoms with van der Waals surface area (Å²) in [5.41, 5.74) is -0.407. The van der Waals surface area contributed by atoms with Gasteiger partial charge in [-0.1, -0.05) is 6.92 Å². The first-order valence-electron chi connectivity index (χ1n) is 8.18. The number of amides is 1. The molecule has 0 radical (unpaired) electrons. The highest BCUT2D eigenvalue weighted by molar-refractivity contribution is 5.92. The molecule has 1 unspecified atom stereocenters. The topological polar surface area (TPSA) is 73.9 Å². The van der Waals surface area contributed by atoms with Gasteiger partial charge in [-0.25, -0.2) is 14.0 Å². The highest BCUT2D eigenvalue weighted by Crippen LogP contribution is 2.21. The van der Waals surface area contributed by atoms with Crippen molar-refractivity contribution in [2.24, 2.45) is 5.92 Å². The minimum atomic E-state index is -0.572. The molecule has 0 bridgehead atoms. The zero-order chi connectivity index (χ0) is 19.0. The minimum Gasteiger partial charge on any atom is -0.492 e. The Morgan fingerprint density at radius 3 is 2.56 bits per heavy atom. The first-order valence-corrected chi connectivity index (χ1v) is 8.18. The molecule has 140 valence electrons. The van der Waals surface area contributed by atoms with Gasteiger partial charge in [0.2, 0.25) is 0 Å². The Balaban J connectivity index is 2.58. The van der Waals surface area contributed by atoms with Gasteiger partial charge >= 0.3 is 12.1 Å². The number of benzene rings is 1. The third-order valence-corrected chi connectivity index (χ3v) is 2.96. The third-order valence-electron chi connectivity index (χ3n) is 2.96. The number of rotatable bonds is 7. The predicted molar refractivity (Wildman–Crippen MR) is 91.3 cm³/mol. The van der Waals surface area contributed by atoms with E-state index < -0.39 is 23.5 Å². The SMILES string of the molecule is CCOC(=O)c1ccc(F)cc1OCC(C)CNC(=O)OC(C)(C)C. The Hall–Kier alpha value is -2.31. The predicted octanol–water partition coefficient (Wildman–Crippen LogP) is 3.54. The van der Waals surface area contributed by atoms with Gasteiger partial charge in [0.1, 0.15) is 22.7 Å². The molecular weight excluding hydrogens is 329 g/mol. The second-order valence-corrected chi connectivity index (χ2v) is 6.66. The Morgan fingerprint density at radius 2 is 1.96 bits per heavy atom. The lowest BCUT2D eigenvalue weighted by Gasteiger charge is -2.21. The lowest BCUT2D eigenvalue weighted by atomic mass is 10.1. The van der Waals surface area contributed by atoms with Gasteiger partial charge in [-0.2, -0.15) is 0 Å². The standard InChI is InChI=1S/C18H26FNO5/c1-6-23-16(21)14-8-7-13(19)9-15(14)24-11-12(2)10-20-17(22)25-18(3,4)5/h7-9,12H,6,10-11H2,1-5H3,(H,20,22). The van der Waals surface area contributed by atoms with E-state index in [0.717, 1.165) is 6.07 Å². The molecule has 1 amide bonds. The van der Waals surface area contributed by atoms with E-state index in [0.29, 0.717) is 6.54 Å². The van der Waals surface area contributed by atoms with Gasteiger partial charge in [0, 0.05) is 18.5 Å². The van der Waals surface area contributed by atoms with Crippen molar-refractivity contribution in [2.75, 3.05) is 19.8 Å². The maximum absolute atomic E-state index is 13.4. The summed E-state index contributed by atoms with van der Waals surface area (Å²) in [6.07, 6.45) is -0.516. The monoisotopic (exact) mass is 355 g/mol. The van der Waals surface area contributed by atoms with Gasteiger partial charge in [0.05, 0.1) is 13.2 Å². The van der Waals surface area contributed by atoms with Crippen molar-refractivity contribution in [3.63, 3.8) is 0 Å². The van der Waals surface area contributed by atoms with Crippen LogP contribution in [0.15, 0.2) is 18.2 Å². The van der Waals surface area contributed by atoms with E-state index in [2.05, 4.69) is 5.32 Å². The number of carbonyl (C=O) groups is 2. The molecule has 25 heavy (non-hydrogen) atoms. The number of nitrogens with one attached hydrogen (secondary N) is 1. The lowest BCUT2D eigenvalue weighted by molar-refractivity contribution is 0.0514. The first kappa shape index (κ1) is 20.7. The molecule has 0 fully saturated rings. The third kappa shape index (κ3) is 7.87. The fourth-order valence-corrected chi connectivity index (χ4v) is 1.86. The molecule has 0 aliphatic carbocycles. The van der Waals surface area contributed by atoms with Crippen molar-refractivity contribution in [2.45, 2.75) is 40.2 Å². The van der Waals surface area contributed by atoms with E-state index in [1.54, 1.807) is 27.7 Å². The Kier molecular flexibility index (Phi) is 7.67. The van der Waals surface area contributed by atoms with Crippen LogP contribution in [0.3, 0.4) is 0 Å². The fourth-order valence-electron chi connectivity index (χ4n) is 1.86. The van der Waals surface area contributed by atoms with Crippen LogP contribution in [0, 0.1) is 11.7 Å². The van der Waals surface area contributed by atoms with Crippen LogP contribution in [0.4, 0.5) is 9.18 Å². The largest absolute Gasteiger partial charge is 0.492 e. The summed E-state index contributed by atoms with van der Waals surface area (Å²) in [5, 5.41) is 2.64. The van der Waals surface area contributed by atoms with Crippen molar-refractivity contribution in [3.05, 3.63) is 29.6 Å². The maximum atomic E-state index is 13.4. The lowest BCUT2D eigenvalue weighted by Crippen LogP contribution is -2.35. The number of ether oxygens (including phenoxy) is 3. The molecule has 1 rings (SSSR count). The van der Waals surface area contributed by atoms with E-state index in [-0.39, 0.29) is 30.4 Å². The van der Waals surface area contributed by atoms with Crippen molar-refractivity contribution >= 4 is 12.1 Å². The quantitative estimate of drug-likeness (QED) is 0.757. The molecule has 0 saturated carbocycles. The minimum absolute atomic E-state index is 0.0779. The molecule has 0 spiro atoms. The normalized spacial score (nSPS) is 12.2. The number of hydrogen-bond acceptors (Lipinski definition) is 5. The van der Waals surface area contributed by atoms with Gasteiger partial charge in [0.15, 0.2) is 0 Å². The number of hydrogen-bond donors (Lipinski definition) is 1. The van der Waals surface area contributed by atoms with E-state index in [1.165, 1.54) is 12.1 Å². The zero-order valence-electron chi connectivity index (χ0n) is 15.3. The Labute approximate surface area is 147 Å². The van der Waals surface area contributed by atoms with E-state index in [1.807, 2.05) is 6.92 Å². The van der Waals surface area contributed by atoms with E-state index in [4.69, 9.17) is 14.2 Å². The summed E-state index contributed by atoms with van der Waals surface area (Å²) < 4.78 is 29.0. The molecule has 7 heteroatoms. The van der Waals surface area contributed by atoms with Crippen LogP contribution < -0.4 is 10.1 Å². The van der Waals surface area contributed by atoms with E-state index in [9.17, 15) is 14.0 Å². The highest BCUT2D eigenvalue weighted by atomic mass is 19.1. The van der Waals surface area contributed by atoms with Crippen LogP contribution >= 0.6 is 0 Å². The van der Waals surface area contributed by atoms with Gasteiger partial charge in [-0.3, -0.25) is 0 Å². The summed E-state index contributed by atoms with van der Waals surface area (Å²) in [4.78, 5) is 23.5. The Bertz CT molecular complexity index is 598. The molecule has 1 aromatic rings. The summed E-state index contributed by atoms with van der Waals surface area (Å²) in [5.74, 6) is -1.05. The molecule has 1 aromatic carbocycles. The number of halogens is 1. The van der Waals surface area contributed by atoms with Gasteiger partial charge in [0.25, 0.3) is 0 Å². The van der Waals surface area contributed by atoms with Gasteiger partial charge < -0.3 is 19.5 Å². The highest BCUT2D eigenvalue weighted by Gasteiger charge is 2.18. The maximum Gasteiger partial charge on any atom is 0.407 e. The molecule has 6 nitrogen and oxygen atoms in total. The average molecular weight is 355 g/mol. The van der Waals surface area contributed by atoms with Gasteiger partial charge in [-0.15, -0.1) is 0 Å². The molecule has 0 aliphatic heterocycles. The van der Waals surface area contributed by atoms with Crippen LogP contribution in [0.2, 0.25) is 0 Å². The second-order valence-electron chi connectivity index (χ2n) is 6.66. The van der Waals surface area contributed by atoms with Gasteiger partial charge in [-0.05, 0) is 39.8 Å². The molecule has 0 heterocycles. The second kappa shape index (κ2) is 9.25. The van der Waals surface area contributed by atoms with Crippen molar-refractivity contribution in [3.8, 4) is 5.75 Å². The number of carbonyl (C=O) groups excluding carboxylic acids is 2. The smallest absolute Gasteiger partial charge is 0.407 e. The first-order chi connectivity index (χ1) is 11.6. The zero-order valence-corrected chi connectivity index (χ0v) is 15.3. The summed E-state index contributed by atoms with van der Waals surface area (Å²) in [6.45, 7) is 9.59. The summed E-state index contributed by atoms with van der Waals surface area (Å²) >= 11 is 0. The fraction of sp³-hybridized carbons (Fsp3) is 0.556. The van der Waals surface area contributed by atoms with Crippen LogP contribution in [-0.2, 0) is 9.47 Å². The van der Waals surface area contributed by atoms with Crippen LogP contribution in [0.25, 0.3) is 0 Å². The van der Waals surface area contributed by atoms with Crippen LogP contribution in [0.1, 0.15) is 45.0 Å². The molecule has 1 N–H and O–H groups in total. The molecule has 0 aromatic heterocycles. The molecule has 0 aliphatic rings.